The van der Waals surface area contributed by atoms with E-state index in [2.05, 4.69) is 22.0 Å². The Balaban J connectivity index is 1.28. The van der Waals surface area contributed by atoms with Crippen molar-refractivity contribution >= 4 is 27.2 Å². The standard InChI is InChI=1S/C21H24N4O2S/c1-27-15-5-2-4-14(12-15)25-10-8-24(9-11-25)13-18-22-20(26)19-16-6-3-7-17(16)28-21(19)23-18/h2,4-5,12H,3,6-11,13H2,1H3,(H,22,23,26)/p+1. The van der Waals surface area contributed by atoms with Crippen LogP contribution in [0.3, 0.4) is 0 Å². The highest BCUT2D eigenvalue weighted by Gasteiger charge is 2.24. The molecule has 0 bridgehead atoms. The highest BCUT2D eigenvalue weighted by Crippen LogP contribution is 2.34. The van der Waals surface area contributed by atoms with Crippen LogP contribution in [-0.4, -0.2) is 43.3 Å². The maximum Gasteiger partial charge on any atom is 0.260 e. The summed E-state index contributed by atoms with van der Waals surface area (Å²) in [7, 11) is 1.70. The van der Waals surface area contributed by atoms with E-state index in [-0.39, 0.29) is 5.56 Å². The third-order valence-electron chi connectivity index (χ3n) is 5.93. The Bertz CT molecular complexity index is 1070. The lowest BCUT2D eigenvalue weighted by molar-refractivity contribution is -0.915. The van der Waals surface area contributed by atoms with Gasteiger partial charge in [0.05, 0.1) is 38.7 Å². The SMILES string of the molecule is COc1cccc(N2CC[NH+](Cc3nc4sc5c(c4c(=O)[nH]3)CCC5)CC2)c1. The van der Waals surface area contributed by atoms with Gasteiger partial charge in [0, 0.05) is 16.6 Å². The minimum absolute atomic E-state index is 0.0498. The molecule has 0 amide bonds. The van der Waals surface area contributed by atoms with Crippen molar-refractivity contribution in [1.29, 1.82) is 0 Å². The van der Waals surface area contributed by atoms with E-state index in [0.29, 0.717) is 0 Å². The number of methoxy groups -OCH3 is 1. The summed E-state index contributed by atoms with van der Waals surface area (Å²) in [5.74, 6) is 1.72. The normalized spacial score (nSPS) is 17.2. The number of hydrogen-bond donors (Lipinski definition) is 2. The number of aryl methyl sites for hydroxylation is 2. The fraction of sp³-hybridized carbons (Fsp3) is 0.429. The Hall–Kier alpha value is -2.38. The summed E-state index contributed by atoms with van der Waals surface area (Å²) in [5.41, 5.74) is 2.51. The number of anilines is 1. The Morgan fingerprint density at radius 2 is 2.14 bits per heavy atom. The van der Waals surface area contributed by atoms with Crippen LogP contribution in [0.4, 0.5) is 5.69 Å². The van der Waals surface area contributed by atoms with Crippen molar-refractivity contribution in [2.45, 2.75) is 25.8 Å². The maximum absolute atomic E-state index is 12.6. The quantitative estimate of drug-likeness (QED) is 0.698. The molecule has 28 heavy (non-hydrogen) atoms. The Morgan fingerprint density at radius 1 is 1.29 bits per heavy atom. The molecule has 6 nitrogen and oxygen atoms in total. The maximum atomic E-state index is 12.6. The van der Waals surface area contributed by atoms with E-state index in [9.17, 15) is 4.79 Å². The van der Waals surface area contributed by atoms with Crippen LogP contribution in [-0.2, 0) is 19.4 Å². The molecule has 2 aromatic heterocycles. The second-order valence-corrected chi connectivity index (χ2v) is 8.75. The molecule has 0 spiro atoms. The first-order valence-electron chi connectivity index (χ1n) is 9.97. The van der Waals surface area contributed by atoms with Gasteiger partial charge in [0.25, 0.3) is 5.56 Å². The third kappa shape index (κ3) is 3.18. The number of hydrogen-bond acceptors (Lipinski definition) is 5. The number of nitrogens with zero attached hydrogens (tertiary/aromatic N) is 2. The van der Waals surface area contributed by atoms with Gasteiger partial charge in [-0.2, -0.15) is 0 Å². The number of fused-ring (bicyclic) bond motifs is 3. The smallest absolute Gasteiger partial charge is 0.260 e. The minimum Gasteiger partial charge on any atom is -0.497 e. The van der Waals surface area contributed by atoms with Crippen LogP contribution in [0.1, 0.15) is 22.7 Å². The minimum atomic E-state index is 0.0498. The summed E-state index contributed by atoms with van der Waals surface area (Å²) in [5, 5.41) is 0.846. The zero-order valence-corrected chi connectivity index (χ0v) is 16.9. The van der Waals surface area contributed by atoms with Crippen LogP contribution in [0.5, 0.6) is 5.75 Å². The number of nitrogens with one attached hydrogen (secondary N) is 2. The van der Waals surface area contributed by atoms with E-state index < -0.39 is 0 Å². The molecule has 1 fully saturated rings. The van der Waals surface area contributed by atoms with Crippen molar-refractivity contribution in [2.75, 3.05) is 38.2 Å². The van der Waals surface area contributed by atoms with Crippen LogP contribution in [0.15, 0.2) is 29.1 Å². The number of thiophene rings is 1. The Labute approximate surface area is 167 Å². The van der Waals surface area contributed by atoms with Gasteiger partial charge in [0.1, 0.15) is 17.1 Å². The van der Waals surface area contributed by atoms with Gasteiger partial charge in [-0.1, -0.05) is 6.07 Å². The molecule has 5 rings (SSSR count). The molecular formula is C21H25N4O2S+. The monoisotopic (exact) mass is 397 g/mol. The van der Waals surface area contributed by atoms with Gasteiger partial charge in [-0.3, -0.25) is 4.79 Å². The van der Waals surface area contributed by atoms with Gasteiger partial charge >= 0.3 is 0 Å². The van der Waals surface area contributed by atoms with Crippen molar-refractivity contribution in [3.8, 4) is 5.75 Å². The van der Waals surface area contributed by atoms with Crippen molar-refractivity contribution in [2.24, 2.45) is 0 Å². The summed E-state index contributed by atoms with van der Waals surface area (Å²) in [6.45, 7) is 4.81. The number of rotatable bonds is 4. The Kier molecular flexibility index (Phi) is 4.56. The van der Waals surface area contributed by atoms with Crippen LogP contribution in [0, 0.1) is 0 Å². The van der Waals surface area contributed by atoms with Crippen LogP contribution in [0.25, 0.3) is 10.2 Å². The molecule has 0 atom stereocenters. The molecule has 3 aromatic rings. The second kappa shape index (κ2) is 7.22. The highest BCUT2D eigenvalue weighted by molar-refractivity contribution is 7.18. The summed E-state index contributed by atoms with van der Waals surface area (Å²) < 4.78 is 5.34. The van der Waals surface area contributed by atoms with E-state index >= 15 is 0 Å². The summed E-state index contributed by atoms with van der Waals surface area (Å²) in [6, 6.07) is 8.24. The van der Waals surface area contributed by atoms with Gasteiger partial charge < -0.3 is 19.5 Å². The molecule has 146 valence electrons. The van der Waals surface area contributed by atoms with Crippen molar-refractivity contribution in [3.05, 3.63) is 50.9 Å². The third-order valence-corrected chi connectivity index (χ3v) is 7.12. The average Bonchev–Trinajstić information content (AvgIpc) is 3.29. The number of H-pyrrole nitrogens is 1. The fourth-order valence-corrected chi connectivity index (χ4v) is 5.71. The van der Waals surface area contributed by atoms with Crippen LogP contribution in [0.2, 0.25) is 0 Å². The average molecular weight is 398 g/mol. The molecule has 3 heterocycles. The van der Waals surface area contributed by atoms with E-state index in [1.54, 1.807) is 18.4 Å². The molecule has 1 aromatic carbocycles. The van der Waals surface area contributed by atoms with Gasteiger partial charge in [0.15, 0.2) is 5.82 Å². The molecule has 0 radical (unpaired) electrons. The van der Waals surface area contributed by atoms with Gasteiger partial charge in [-0.05, 0) is 37.0 Å². The molecule has 2 N–H and O–H groups in total. The van der Waals surface area contributed by atoms with Crippen molar-refractivity contribution in [3.63, 3.8) is 0 Å². The number of benzene rings is 1. The number of aromatic nitrogens is 2. The van der Waals surface area contributed by atoms with E-state index in [4.69, 9.17) is 9.72 Å². The zero-order chi connectivity index (χ0) is 19.1. The van der Waals surface area contributed by atoms with E-state index in [1.165, 1.54) is 27.4 Å². The molecule has 0 saturated carbocycles. The fourth-order valence-electron chi connectivity index (χ4n) is 4.43. The lowest BCUT2D eigenvalue weighted by Gasteiger charge is -2.33. The zero-order valence-electron chi connectivity index (χ0n) is 16.1. The molecule has 1 aliphatic carbocycles. The predicted molar refractivity (Wildman–Crippen MR) is 112 cm³/mol. The molecule has 2 aliphatic rings. The molecule has 1 saturated heterocycles. The Morgan fingerprint density at radius 3 is 2.96 bits per heavy atom. The number of quaternary nitrogens is 1. The lowest BCUT2D eigenvalue weighted by Crippen LogP contribution is -3.13. The predicted octanol–water partition coefficient (Wildman–Crippen LogP) is 1.39. The first kappa shape index (κ1) is 17.7. The number of ether oxygens (including phenoxy) is 1. The summed E-state index contributed by atoms with van der Waals surface area (Å²) in [4.78, 5) is 26.7. The number of aromatic amines is 1. The molecular weight excluding hydrogens is 372 g/mol. The van der Waals surface area contributed by atoms with Crippen molar-refractivity contribution in [1.82, 2.24) is 9.97 Å². The lowest BCUT2D eigenvalue weighted by atomic mass is 10.2. The summed E-state index contributed by atoms with van der Waals surface area (Å²) in [6.07, 6.45) is 3.29. The van der Waals surface area contributed by atoms with E-state index in [0.717, 1.165) is 67.4 Å². The molecule has 0 unspecified atom stereocenters. The van der Waals surface area contributed by atoms with Crippen LogP contribution >= 0.6 is 11.3 Å². The molecule has 7 heteroatoms. The van der Waals surface area contributed by atoms with Crippen LogP contribution < -0.4 is 20.1 Å². The topological polar surface area (TPSA) is 62.7 Å². The van der Waals surface area contributed by atoms with Gasteiger partial charge in [-0.15, -0.1) is 11.3 Å². The highest BCUT2D eigenvalue weighted by atomic mass is 32.1. The number of piperazine rings is 1. The largest absolute Gasteiger partial charge is 0.497 e. The summed E-state index contributed by atoms with van der Waals surface area (Å²) >= 11 is 1.72. The molecule has 1 aliphatic heterocycles. The van der Waals surface area contributed by atoms with Gasteiger partial charge in [0.2, 0.25) is 0 Å². The van der Waals surface area contributed by atoms with Crippen molar-refractivity contribution < 1.29 is 9.64 Å². The second-order valence-electron chi connectivity index (χ2n) is 7.67. The van der Waals surface area contributed by atoms with Gasteiger partial charge in [-0.25, -0.2) is 4.98 Å². The first-order valence-corrected chi connectivity index (χ1v) is 10.8. The van der Waals surface area contributed by atoms with E-state index in [1.807, 2.05) is 12.1 Å². The first-order chi connectivity index (χ1) is 13.7.